The number of nitrogens with zero attached hydrogens (tertiary/aromatic N) is 2. The summed E-state index contributed by atoms with van der Waals surface area (Å²) in [5.41, 5.74) is -1.14. The topological polar surface area (TPSA) is 81.3 Å². The van der Waals surface area contributed by atoms with E-state index in [1.54, 1.807) is 0 Å². The second kappa shape index (κ2) is 5.29. The maximum atomic E-state index is 11.4. The molecule has 16 heavy (non-hydrogen) atoms. The number of hydrogen-bond donors (Lipinski definition) is 1. The predicted molar refractivity (Wildman–Crippen MR) is 57.4 cm³/mol. The van der Waals surface area contributed by atoms with E-state index in [-0.39, 0.29) is 6.42 Å². The van der Waals surface area contributed by atoms with E-state index in [4.69, 9.17) is 5.11 Å². The lowest BCUT2D eigenvalue weighted by atomic mass is 10.2. The van der Waals surface area contributed by atoms with Gasteiger partial charge in [-0.1, -0.05) is 0 Å². The lowest BCUT2D eigenvalue weighted by Gasteiger charge is -2.04. The monoisotopic (exact) mass is 226 g/mol. The SMILES string of the molecule is Cn1ccn(CCCCC(=O)O)c(=O)c1=O. The van der Waals surface area contributed by atoms with Crippen molar-refractivity contribution in [1.82, 2.24) is 9.13 Å². The number of aromatic nitrogens is 2. The summed E-state index contributed by atoms with van der Waals surface area (Å²) in [6, 6.07) is 0. The Balaban J connectivity index is 2.62. The second-order valence-electron chi connectivity index (χ2n) is 3.56. The smallest absolute Gasteiger partial charge is 0.316 e. The van der Waals surface area contributed by atoms with Crippen LogP contribution in [0.1, 0.15) is 19.3 Å². The molecule has 0 aliphatic carbocycles. The highest BCUT2D eigenvalue weighted by molar-refractivity contribution is 5.66. The summed E-state index contributed by atoms with van der Waals surface area (Å²) >= 11 is 0. The van der Waals surface area contributed by atoms with Gasteiger partial charge in [0, 0.05) is 32.4 Å². The molecule has 0 bridgehead atoms. The molecule has 88 valence electrons. The Morgan fingerprint density at radius 1 is 1.25 bits per heavy atom. The third kappa shape index (κ3) is 3.08. The van der Waals surface area contributed by atoms with Gasteiger partial charge < -0.3 is 14.2 Å². The van der Waals surface area contributed by atoms with Crippen LogP contribution in [0.5, 0.6) is 0 Å². The molecule has 0 unspecified atom stereocenters. The Kier molecular flexibility index (Phi) is 4.04. The number of hydrogen-bond acceptors (Lipinski definition) is 3. The van der Waals surface area contributed by atoms with Crippen LogP contribution in [0.3, 0.4) is 0 Å². The molecule has 1 heterocycles. The van der Waals surface area contributed by atoms with Crippen LogP contribution in [-0.4, -0.2) is 20.2 Å². The molecule has 0 atom stereocenters. The van der Waals surface area contributed by atoms with E-state index in [1.165, 1.54) is 28.6 Å². The van der Waals surface area contributed by atoms with E-state index in [9.17, 15) is 14.4 Å². The Morgan fingerprint density at radius 2 is 1.94 bits per heavy atom. The first-order valence-corrected chi connectivity index (χ1v) is 5.00. The molecule has 0 spiro atoms. The Hall–Kier alpha value is -1.85. The van der Waals surface area contributed by atoms with Crippen molar-refractivity contribution in [1.29, 1.82) is 0 Å². The Bertz CT molecular complexity index is 486. The van der Waals surface area contributed by atoms with Crippen LogP contribution in [0.15, 0.2) is 22.0 Å². The maximum Gasteiger partial charge on any atom is 0.316 e. The zero-order valence-electron chi connectivity index (χ0n) is 9.05. The lowest BCUT2D eigenvalue weighted by molar-refractivity contribution is -0.137. The van der Waals surface area contributed by atoms with Crippen LogP contribution in [0.2, 0.25) is 0 Å². The fraction of sp³-hybridized carbons (Fsp3) is 0.500. The summed E-state index contributed by atoms with van der Waals surface area (Å²) < 4.78 is 2.53. The first kappa shape index (κ1) is 12.2. The lowest BCUT2D eigenvalue weighted by Crippen LogP contribution is -2.39. The quantitative estimate of drug-likeness (QED) is 0.557. The molecule has 0 aliphatic heterocycles. The number of aryl methyl sites for hydroxylation is 2. The average Bonchev–Trinajstić information content (AvgIpc) is 2.23. The van der Waals surface area contributed by atoms with Crippen LogP contribution in [-0.2, 0) is 18.4 Å². The molecule has 1 N–H and O–H groups in total. The van der Waals surface area contributed by atoms with Crippen molar-refractivity contribution < 1.29 is 9.90 Å². The molecule has 0 saturated heterocycles. The van der Waals surface area contributed by atoms with Crippen molar-refractivity contribution in [3.63, 3.8) is 0 Å². The molecule has 0 fully saturated rings. The summed E-state index contributed by atoms with van der Waals surface area (Å²) in [5, 5.41) is 8.42. The highest BCUT2D eigenvalue weighted by Crippen LogP contribution is 1.96. The van der Waals surface area contributed by atoms with E-state index in [1.807, 2.05) is 0 Å². The van der Waals surface area contributed by atoms with Crippen molar-refractivity contribution in [2.75, 3.05) is 0 Å². The van der Waals surface area contributed by atoms with Gasteiger partial charge in [0.25, 0.3) is 0 Å². The zero-order chi connectivity index (χ0) is 12.1. The number of carbonyl (C=O) groups is 1. The standard InChI is InChI=1S/C10H14N2O4/c1-11-6-7-12(10(16)9(11)15)5-3-2-4-8(13)14/h6-7H,2-5H2,1H3,(H,13,14). The van der Waals surface area contributed by atoms with Crippen molar-refractivity contribution in [2.24, 2.45) is 7.05 Å². The van der Waals surface area contributed by atoms with E-state index in [0.717, 1.165) is 0 Å². The average molecular weight is 226 g/mol. The van der Waals surface area contributed by atoms with Crippen LogP contribution in [0, 0.1) is 0 Å². The third-order valence-electron chi connectivity index (χ3n) is 2.27. The van der Waals surface area contributed by atoms with Crippen LogP contribution in [0.25, 0.3) is 0 Å². The minimum absolute atomic E-state index is 0.0829. The highest BCUT2D eigenvalue weighted by atomic mass is 16.4. The van der Waals surface area contributed by atoms with Gasteiger partial charge in [0.1, 0.15) is 0 Å². The van der Waals surface area contributed by atoms with Crippen LogP contribution >= 0.6 is 0 Å². The summed E-state index contributed by atoms with van der Waals surface area (Å²) in [6.45, 7) is 0.377. The van der Waals surface area contributed by atoms with Gasteiger partial charge in [-0.2, -0.15) is 0 Å². The first-order valence-electron chi connectivity index (χ1n) is 5.00. The van der Waals surface area contributed by atoms with Gasteiger partial charge in [-0.05, 0) is 12.8 Å². The molecule has 1 rings (SSSR count). The molecule has 1 aromatic rings. The number of unbranched alkanes of at least 4 members (excludes halogenated alkanes) is 1. The van der Waals surface area contributed by atoms with Gasteiger partial charge in [-0.25, -0.2) is 0 Å². The molecule has 0 aromatic carbocycles. The van der Waals surface area contributed by atoms with Crippen molar-refractivity contribution in [2.45, 2.75) is 25.8 Å². The number of rotatable bonds is 5. The fourth-order valence-corrected chi connectivity index (χ4v) is 1.32. The van der Waals surface area contributed by atoms with Crippen molar-refractivity contribution in [3.8, 4) is 0 Å². The largest absolute Gasteiger partial charge is 0.481 e. The van der Waals surface area contributed by atoms with E-state index < -0.39 is 17.1 Å². The number of carboxylic acid groups (broad SMARTS) is 1. The molecule has 6 heteroatoms. The highest BCUT2D eigenvalue weighted by Gasteiger charge is 2.02. The van der Waals surface area contributed by atoms with Gasteiger partial charge >= 0.3 is 17.1 Å². The fourth-order valence-electron chi connectivity index (χ4n) is 1.32. The zero-order valence-corrected chi connectivity index (χ0v) is 9.05. The second-order valence-corrected chi connectivity index (χ2v) is 3.56. The maximum absolute atomic E-state index is 11.4. The third-order valence-corrected chi connectivity index (χ3v) is 2.27. The summed E-state index contributed by atoms with van der Waals surface area (Å²) in [5.74, 6) is -0.851. The van der Waals surface area contributed by atoms with Gasteiger partial charge in [0.2, 0.25) is 0 Å². The molecule has 1 aromatic heterocycles. The first-order chi connectivity index (χ1) is 7.52. The molecular weight excluding hydrogens is 212 g/mol. The molecule has 0 aliphatic rings. The minimum Gasteiger partial charge on any atom is -0.481 e. The van der Waals surface area contributed by atoms with Crippen molar-refractivity contribution >= 4 is 5.97 Å². The Labute approximate surface area is 91.8 Å². The molecule has 0 saturated carbocycles. The molecule has 6 nitrogen and oxygen atoms in total. The Morgan fingerprint density at radius 3 is 2.56 bits per heavy atom. The number of aliphatic carboxylic acids is 1. The van der Waals surface area contributed by atoms with Crippen LogP contribution < -0.4 is 11.1 Å². The predicted octanol–water partition coefficient (Wildman–Crippen LogP) is -0.198. The van der Waals surface area contributed by atoms with Crippen molar-refractivity contribution in [3.05, 3.63) is 33.1 Å². The molecule has 0 radical (unpaired) electrons. The summed E-state index contributed by atoms with van der Waals surface area (Å²) in [7, 11) is 1.51. The minimum atomic E-state index is -0.851. The van der Waals surface area contributed by atoms with E-state index in [0.29, 0.717) is 19.4 Å². The van der Waals surface area contributed by atoms with Crippen LogP contribution in [0.4, 0.5) is 0 Å². The van der Waals surface area contributed by atoms with Gasteiger partial charge in [-0.3, -0.25) is 14.4 Å². The molecule has 0 amide bonds. The summed E-state index contributed by atoms with van der Waals surface area (Å²) in [4.78, 5) is 33.0. The van der Waals surface area contributed by atoms with Gasteiger partial charge in [0.05, 0.1) is 0 Å². The molecular formula is C10H14N2O4. The number of carboxylic acids is 1. The van der Waals surface area contributed by atoms with Gasteiger partial charge in [-0.15, -0.1) is 0 Å². The summed E-state index contributed by atoms with van der Waals surface area (Å²) in [6.07, 6.45) is 4.20. The van der Waals surface area contributed by atoms with E-state index in [2.05, 4.69) is 0 Å². The van der Waals surface area contributed by atoms with Gasteiger partial charge in [0.15, 0.2) is 0 Å². The van der Waals surface area contributed by atoms with E-state index >= 15 is 0 Å². The normalized spacial score (nSPS) is 10.3.